The number of unbranched alkanes of at least 4 members (excludes halogenated alkanes) is 6. The maximum absolute atomic E-state index is 12.2. The van der Waals surface area contributed by atoms with E-state index in [4.69, 9.17) is 3.07 Å². The topological polar surface area (TPSA) is 26.3 Å². The molecule has 0 heterocycles. The molecule has 0 unspecified atom stereocenters. The summed E-state index contributed by atoms with van der Waals surface area (Å²) < 4.78 is 7.05. The summed E-state index contributed by atoms with van der Waals surface area (Å²) in [5.74, 6) is 0.959. The number of carbonyl (C=O) groups excluding carboxylic acids is 1. The second-order valence-electron chi connectivity index (χ2n) is 6.98. The van der Waals surface area contributed by atoms with E-state index in [9.17, 15) is 4.79 Å². The first-order valence-electron chi connectivity index (χ1n) is 10.8. The predicted octanol–water partition coefficient (Wildman–Crippen LogP) is 7.50. The summed E-state index contributed by atoms with van der Waals surface area (Å²) >= 11 is -0.734. The van der Waals surface area contributed by atoms with Gasteiger partial charge >= 0.3 is 131 Å². The molecule has 2 aromatic carbocycles. The quantitative estimate of drug-likeness (QED) is 0.176. The zero-order valence-corrected chi connectivity index (χ0v) is 20.7. The second-order valence-corrected chi connectivity index (χ2v) is 9.82. The van der Waals surface area contributed by atoms with Crippen LogP contribution >= 0.6 is 0 Å². The predicted molar refractivity (Wildman–Crippen MR) is 121 cm³/mol. The van der Waals surface area contributed by atoms with Crippen LogP contribution in [0.1, 0.15) is 88.1 Å². The first kappa shape index (κ1) is 24.7. The van der Waals surface area contributed by atoms with Gasteiger partial charge in [-0.3, -0.25) is 0 Å². The van der Waals surface area contributed by atoms with E-state index in [-0.39, 0.29) is 5.78 Å². The first-order valence-corrected chi connectivity index (χ1v) is 14.0. The third kappa shape index (κ3) is 10.9. The molecule has 0 aliphatic rings. The van der Waals surface area contributed by atoms with Crippen molar-refractivity contribution in [3.63, 3.8) is 0 Å². The summed E-state index contributed by atoms with van der Waals surface area (Å²) in [6.07, 6.45) is 11.0. The Balaban J connectivity index is 0.000000416. The zero-order valence-electron chi connectivity index (χ0n) is 17.9. The minimum atomic E-state index is -0.734. The summed E-state index contributed by atoms with van der Waals surface area (Å²) in [7, 11) is 0. The molecule has 0 atom stereocenters. The van der Waals surface area contributed by atoms with E-state index in [1.54, 1.807) is 0 Å². The zero-order chi connectivity index (χ0) is 20.5. The molecule has 28 heavy (non-hydrogen) atoms. The van der Waals surface area contributed by atoms with Gasteiger partial charge < -0.3 is 0 Å². The minimum absolute atomic E-state index is 0.0584. The molecule has 0 saturated carbocycles. The van der Waals surface area contributed by atoms with Crippen molar-refractivity contribution in [1.29, 1.82) is 0 Å². The van der Waals surface area contributed by atoms with Gasteiger partial charge in [0.1, 0.15) is 0 Å². The Morgan fingerprint density at radius 1 is 0.714 bits per heavy atom. The van der Waals surface area contributed by atoms with Crippen molar-refractivity contribution in [3.05, 3.63) is 65.7 Å². The third-order valence-corrected chi connectivity index (χ3v) is 7.11. The number of rotatable bonds is 12. The van der Waals surface area contributed by atoms with E-state index < -0.39 is 21.6 Å². The van der Waals surface area contributed by atoms with Crippen LogP contribution in [0.3, 0.4) is 0 Å². The number of hydrogen-bond acceptors (Lipinski definition) is 2. The number of ketones is 1. The van der Waals surface area contributed by atoms with Crippen molar-refractivity contribution in [2.45, 2.75) is 76.6 Å². The van der Waals surface area contributed by atoms with Gasteiger partial charge in [-0.05, 0) is 0 Å². The summed E-state index contributed by atoms with van der Waals surface area (Å²) in [4.78, 5) is 12.2. The van der Waals surface area contributed by atoms with Gasteiger partial charge in [0.2, 0.25) is 0 Å². The summed E-state index contributed by atoms with van der Waals surface area (Å²) in [6.45, 7) is 6.71. The Morgan fingerprint density at radius 3 is 1.79 bits per heavy atom. The molecule has 2 radical (unpaired) electrons. The van der Waals surface area contributed by atoms with Crippen LogP contribution in [0.25, 0.3) is 0 Å². The molecule has 0 fully saturated rings. The fourth-order valence-electron chi connectivity index (χ4n) is 2.67. The standard InChI is InChI=1S/C13H10O2.C8H18.C4H9.Sn/c14-12-8-6-11(7-9-12)13(15)10-4-2-1-3-5-10;1-3-5-7-8-6-4-2;1-3-4-2;/h1-9,14H;3-8H2,1-2H3;1,3-4H2,2H3;/q;;;+1/p-1. The van der Waals surface area contributed by atoms with Crippen LogP contribution in [0.5, 0.6) is 5.75 Å². The first-order chi connectivity index (χ1) is 13.7. The van der Waals surface area contributed by atoms with E-state index in [1.165, 1.54) is 55.8 Å². The summed E-state index contributed by atoms with van der Waals surface area (Å²) in [5, 5.41) is 0. The van der Waals surface area contributed by atoms with Crippen LogP contribution in [0.4, 0.5) is 0 Å². The molecular formula is C25H36O2Sn. The number of carbonyl (C=O) groups is 1. The van der Waals surface area contributed by atoms with Gasteiger partial charge in [0.15, 0.2) is 0 Å². The van der Waals surface area contributed by atoms with E-state index in [0.29, 0.717) is 5.56 Å². The van der Waals surface area contributed by atoms with Crippen LogP contribution in [-0.2, 0) is 0 Å². The van der Waals surface area contributed by atoms with Crippen LogP contribution in [-0.4, -0.2) is 27.3 Å². The molecule has 2 aromatic rings. The molecule has 0 bridgehead atoms. The molecule has 152 valence electrons. The monoisotopic (exact) mass is 488 g/mol. The van der Waals surface area contributed by atoms with Crippen molar-refractivity contribution in [2.75, 3.05) is 0 Å². The van der Waals surface area contributed by atoms with Gasteiger partial charge in [-0.2, -0.15) is 0 Å². The molecule has 0 amide bonds. The van der Waals surface area contributed by atoms with Gasteiger partial charge in [-0.15, -0.1) is 0 Å². The van der Waals surface area contributed by atoms with E-state index in [2.05, 4.69) is 20.8 Å². The fraction of sp³-hybridized carbons (Fsp3) is 0.480. The SMILES string of the molecule is CCCCCCCC.CCC[CH2][Sn][O]c1ccc(C(=O)c2ccccc2)cc1. The molecule has 0 spiro atoms. The second kappa shape index (κ2) is 16.6. The Kier molecular flexibility index (Phi) is 14.7. The molecule has 0 aliphatic carbocycles. The average Bonchev–Trinajstić information content (AvgIpc) is 2.75. The molecule has 0 saturated heterocycles. The van der Waals surface area contributed by atoms with Crippen molar-refractivity contribution >= 4 is 27.3 Å². The van der Waals surface area contributed by atoms with Crippen molar-refractivity contribution in [1.82, 2.24) is 0 Å². The number of hydrogen-bond donors (Lipinski definition) is 0. The van der Waals surface area contributed by atoms with E-state index >= 15 is 0 Å². The van der Waals surface area contributed by atoms with E-state index in [0.717, 1.165) is 11.3 Å². The normalized spacial score (nSPS) is 10.1. The van der Waals surface area contributed by atoms with Crippen LogP contribution in [0.2, 0.25) is 4.44 Å². The fourth-order valence-corrected chi connectivity index (χ4v) is 5.24. The maximum atomic E-state index is 12.2. The molecule has 2 nitrogen and oxygen atoms in total. The van der Waals surface area contributed by atoms with Crippen LogP contribution in [0, 0.1) is 0 Å². The molecule has 3 heteroatoms. The Labute approximate surface area is 182 Å². The van der Waals surface area contributed by atoms with Crippen LogP contribution in [0.15, 0.2) is 54.6 Å². The van der Waals surface area contributed by atoms with Gasteiger partial charge in [-0.25, -0.2) is 0 Å². The van der Waals surface area contributed by atoms with Crippen LogP contribution < -0.4 is 3.07 Å². The van der Waals surface area contributed by atoms with Crippen molar-refractivity contribution in [2.24, 2.45) is 0 Å². The molecule has 0 aromatic heterocycles. The summed E-state index contributed by atoms with van der Waals surface area (Å²) in [6, 6.07) is 16.9. The summed E-state index contributed by atoms with van der Waals surface area (Å²) in [5.41, 5.74) is 1.43. The van der Waals surface area contributed by atoms with Gasteiger partial charge in [0.05, 0.1) is 0 Å². The average molecular weight is 487 g/mol. The molecule has 0 N–H and O–H groups in total. The van der Waals surface area contributed by atoms with E-state index in [1.807, 2.05) is 54.6 Å². The van der Waals surface area contributed by atoms with Crippen molar-refractivity contribution < 1.29 is 7.87 Å². The van der Waals surface area contributed by atoms with Gasteiger partial charge in [0, 0.05) is 0 Å². The van der Waals surface area contributed by atoms with Gasteiger partial charge in [-0.1, -0.05) is 52.4 Å². The Hall–Kier alpha value is -1.29. The van der Waals surface area contributed by atoms with Crippen molar-refractivity contribution in [3.8, 4) is 5.75 Å². The Morgan fingerprint density at radius 2 is 1.25 bits per heavy atom. The van der Waals surface area contributed by atoms with Gasteiger partial charge in [0.25, 0.3) is 0 Å². The molecular weight excluding hydrogens is 451 g/mol. The third-order valence-electron chi connectivity index (χ3n) is 4.43. The number of benzene rings is 2. The Bertz CT molecular complexity index is 617. The molecule has 0 aliphatic heterocycles. The molecule has 2 rings (SSSR count).